The van der Waals surface area contributed by atoms with Gasteiger partial charge in [0.2, 0.25) is 0 Å². The van der Waals surface area contributed by atoms with E-state index in [2.05, 4.69) is 0 Å². The zero-order chi connectivity index (χ0) is 15.5. The molecular weight excluding hydrogens is 283 g/mol. The molecule has 2 rings (SSSR count). The molecule has 6 heteroatoms. The number of benzene rings is 2. The Kier molecular flexibility index (Phi) is 3.94. The van der Waals surface area contributed by atoms with Crippen LogP contribution >= 0.6 is 0 Å². The molecule has 0 aromatic heterocycles. The van der Waals surface area contributed by atoms with Gasteiger partial charge in [0, 0.05) is 0 Å². The molecule has 0 aliphatic rings. The van der Waals surface area contributed by atoms with Crippen molar-refractivity contribution in [1.29, 1.82) is 5.26 Å². The van der Waals surface area contributed by atoms with E-state index in [9.17, 15) is 18.0 Å². The second-order valence-electron chi connectivity index (χ2n) is 4.11. The predicted octanol–water partition coefficient (Wildman–Crippen LogP) is 4.18. The first-order valence-electron chi connectivity index (χ1n) is 5.78. The maximum Gasteiger partial charge on any atom is 0.416 e. The van der Waals surface area contributed by atoms with Crippen LogP contribution in [0.2, 0.25) is 0 Å². The molecule has 0 spiro atoms. The third-order valence-corrected chi connectivity index (χ3v) is 2.66. The zero-order valence-electron chi connectivity index (χ0n) is 10.5. The maximum absolute atomic E-state index is 12.7. The molecule has 0 unspecified atom stereocenters. The van der Waals surface area contributed by atoms with E-state index in [1.807, 2.05) is 6.07 Å². The summed E-state index contributed by atoms with van der Waals surface area (Å²) in [6.07, 6.45) is -4.13. The van der Waals surface area contributed by atoms with Crippen LogP contribution in [-0.2, 0) is 6.18 Å². The average molecular weight is 291 g/mol. The van der Waals surface area contributed by atoms with Crippen molar-refractivity contribution < 1.29 is 22.7 Å². The lowest BCUT2D eigenvalue weighted by molar-refractivity contribution is -0.137. The van der Waals surface area contributed by atoms with Gasteiger partial charge in [0.05, 0.1) is 22.8 Å². The maximum atomic E-state index is 12.7. The first-order chi connectivity index (χ1) is 9.94. The molecular formula is C15H8F3NO2. The third kappa shape index (κ3) is 3.39. The lowest BCUT2D eigenvalue weighted by Crippen LogP contribution is -2.05. The first kappa shape index (κ1) is 14.6. The molecule has 0 amide bonds. The molecule has 3 nitrogen and oxygen atoms in total. The van der Waals surface area contributed by atoms with Gasteiger partial charge >= 0.3 is 6.18 Å². The number of nitrogens with zero attached hydrogens (tertiary/aromatic N) is 1. The van der Waals surface area contributed by atoms with Crippen LogP contribution in [0.25, 0.3) is 0 Å². The van der Waals surface area contributed by atoms with Crippen LogP contribution in [0.1, 0.15) is 21.5 Å². The summed E-state index contributed by atoms with van der Waals surface area (Å²) in [4.78, 5) is 10.9. The number of carbonyl (C=O) groups is 1. The average Bonchev–Trinajstić information content (AvgIpc) is 2.46. The first-order valence-corrected chi connectivity index (χ1v) is 5.78. The van der Waals surface area contributed by atoms with Crippen LogP contribution in [0.4, 0.5) is 13.2 Å². The lowest BCUT2D eigenvalue weighted by atomic mass is 10.1. The molecule has 0 saturated heterocycles. The highest BCUT2D eigenvalue weighted by molar-refractivity contribution is 5.79. The quantitative estimate of drug-likeness (QED) is 0.797. The fourth-order valence-electron chi connectivity index (χ4n) is 1.65. The molecule has 0 fully saturated rings. The summed E-state index contributed by atoms with van der Waals surface area (Å²) in [7, 11) is 0. The van der Waals surface area contributed by atoms with Crippen LogP contribution in [0, 0.1) is 11.3 Å². The number of aldehydes is 1. The minimum Gasteiger partial charge on any atom is -0.457 e. The highest BCUT2D eigenvalue weighted by Gasteiger charge is 2.31. The van der Waals surface area contributed by atoms with Crippen molar-refractivity contribution in [3.63, 3.8) is 0 Å². The second-order valence-corrected chi connectivity index (χ2v) is 4.11. The van der Waals surface area contributed by atoms with Crippen molar-refractivity contribution in [3.05, 3.63) is 59.2 Å². The number of nitriles is 1. The van der Waals surface area contributed by atoms with Gasteiger partial charge in [0.15, 0.2) is 6.29 Å². The molecule has 0 bridgehead atoms. The van der Waals surface area contributed by atoms with Gasteiger partial charge in [-0.2, -0.15) is 18.4 Å². The van der Waals surface area contributed by atoms with E-state index in [-0.39, 0.29) is 17.1 Å². The Morgan fingerprint density at radius 1 is 1.14 bits per heavy atom. The van der Waals surface area contributed by atoms with Crippen molar-refractivity contribution in [2.45, 2.75) is 6.18 Å². The molecule has 2 aromatic rings. The summed E-state index contributed by atoms with van der Waals surface area (Å²) < 4.78 is 43.3. The molecule has 0 aliphatic carbocycles. The van der Waals surface area contributed by atoms with Crippen molar-refractivity contribution >= 4 is 6.29 Å². The summed E-state index contributed by atoms with van der Waals surface area (Å²) in [5, 5.41) is 8.77. The summed E-state index contributed by atoms with van der Waals surface area (Å²) in [5.74, 6) is -0.0358. The lowest BCUT2D eigenvalue weighted by Gasteiger charge is -2.12. The minimum absolute atomic E-state index is 0.00893. The zero-order valence-corrected chi connectivity index (χ0v) is 10.5. The Hall–Kier alpha value is -2.81. The number of hydrogen-bond acceptors (Lipinski definition) is 3. The Bertz CT molecular complexity index is 718. The van der Waals surface area contributed by atoms with Crippen molar-refractivity contribution in [2.24, 2.45) is 0 Å². The van der Waals surface area contributed by atoms with Gasteiger partial charge in [-0.3, -0.25) is 4.79 Å². The molecule has 21 heavy (non-hydrogen) atoms. The number of carbonyl (C=O) groups excluding carboxylic acids is 1. The van der Waals surface area contributed by atoms with E-state index in [1.165, 1.54) is 24.3 Å². The Morgan fingerprint density at radius 3 is 2.52 bits per heavy atom. The van der Waals surface area contributed by atoms with Gasteiger partial charge in [-0.15, -0.1) is 0 Å². The summed E-state index contributed by atoms with van der Waals surface area (Å²) in [5.41, 5.74) is -0.628. The normalized spacial score (nSPS) is 10.8. The number of hydrogen-bond donors (Lipinski definition) is 0. The van der Waals surface area contributed by atoms with E-state index < -0.39 is 11.7 Å². The molecule has 2 aromatic carbocycles. The number of rotatable bonds is 3. The summed E-state index contributed by atoms with van der Waals surface area (Å²) in [6, 6.07) is 10.4. The molecule has 0 radical (unpaired) electrons. The van der Waals surface area contributed by atoms with E-state index in [4.69, 9.17) is 10.00 Å². The molecule has 0 aliphatic heterocycles. The second kappa shape index (κ2) is 5.67. The molecule has 0 N–H and O–H groups in total. The van der Waals surface area contributed by atoms with E-state index in [1.54, 1.807) is 0 Å². The van der Waals surface area contributed by atoms with E-state index >= 15 is 0 Å². The minimum atomic E-state index is -4.53. The van der Waals surface area contributed by atoms with Gasteiger partial charge in [-0.05, 0) is 36.4 Å². The van der Waals surface area contributed by atoms with Crippen LogP contribution < -0.4 is 4.74 Å². The van der Waals surface area contributed by atoms with Crippen LogP contribution in [0.3, 0.4) is 0 Å². The SMILES string of the molecule is N#Cc1cccc(Oc2cc(C(F)(F)F)ccc2C=O)c1. The van der Waals surface area contributed by atoms with Crippen molar-refractivity contribution in [3.8, 4) is 17.6 Å². The van der Waals surface area contributed by atoms with Gasteiger partial charge in [-0.1, -0.05) is 6.07 Å². The monoisotopic (exact) mass is 291 g/mol. The Labute approximate surface area is 118 Å². The van der Waals surface area contributed by atoms with Crippen LogP contribution in [0.5, 0.6) is 11.5 Å². The van der Waals surface area contributed by atoms with Gasteiger partial charge in [-0.25, -0.2) is 0 Å². The van der Waals surface area contributed by atoms with Gasteiger partial charge < -0.3 is 4.74 Å². The molecule has 0 saturated carbocycles. The van der Waals surface area contributed by atoms with E-state index in [0.717, 1.165) is 18.2 Å². The van der Waals surface area contributed by atoms with Crippen LogP contribution in [-0.4, -0.2) is 6.29 Å². The Morgan fingerprint density at radius 2 is 1.90 bits per heavy atom. The molecule has 0 heterocycles. The number of halogens is 3. The van der Waals surface area contributed by atoms with Gasteiger partial charge in [0.25, 0.3) is 0 Å². The summed E-state index contributed by atoms with van der Waals surface area (Å²) in [6.45, 7) is 0. The summed E-state index contributed by atoms with van der Waals surface area (Å²) >= 11 is 0. The smallest absolute Gasteiger partial charge is 0.416 e. The standard InChI is InChI=1S/C15H8F3NO2/c16-15(17,18)12-5-4-11(9-20)14(7-12)21-13-3-1-2-10(6-13)8-19/h1-7,9H. The fourth-order valence-corrected chi connectivity index (χ4v) is 1.65. The van der Waals surface area contributed by atoms with Crippen molar-refractivity contribution in [2.75, 3.05) is 0 Å². The highest BCUT2D eigenvalue weighted by Crippen LogP contribution is 2.34. The fraction of sp³-hybridized carbons (Fsp3) is 0.0667. The van der Waals surface area contributed by atoms with E-state index in [0.29, 0.717) is 11.8 Å². The number of ether oxygens (including phenoxy) is 1. The number of alkyl halides is 3. The van der Waals surface area contributed by atoms with Crippen LogP contribution in [0.15, 0.2) is 42.5 Å². The molecule has 106 valence electrons. The van der Waals surface area contributed by atoms with Gasteiger partial charge in [0.1, 0.15) is 11.5 Å². The molecule has 0 atom stereocenters. The largest absolute Gasteiger partial charge is 0.457 e. The van der Waals surface area contributed by atoms with Crippen molar-refractivity contribution in [1.82, 2.24) is 0 Å². The highest BCUT2D eigenvalue weighted by atomic mass is 19.4. The predicted molar refractivity (Wildman–Crippen MR) is 68.1 cm³/mol. The topological polar surface area (TPSA) is 50.1 Å². The Balaban J connectivity index is 2.42. The third-order valence-electron chi connectivity index (χ3n) is 2.66.